The number of ether oxygens (including phenoxy) is 2. The van der Waals surface area contributed by atoms with E-state index in [2.05, 4.69) is 10.6 Å². The zero-order chi connectivity index (χ0) is 19.9. The van der Waals surface area contributed by atoms with Crippen molar-refractivity contribution in [1.82, 2.24) is 10.6 Å². The minimum Gasteiger partial charge on any atom is -0.463 e. The van der Waals surface area contributed by atoms with E-state index in [1.54, 1.807) is 13.8 Å². The van der Waals surface area contributed by atoms with Crippen molar-refractivity contribution in [2.24, 2.45) is 0 Å². The van der Waals surface area contributed by atoms with Crippen LogP contribution in [0.5, 0.6) is 0 Å². The van der Waals surface area contributed by atoms with Gasteiger partial charge in [-0.1, -0.05) is 26.7 Å². The van der Waals surface area contributed by atoms with Gasteiger partial charge in [0.2, 0.25) is 0 Å². The van der Waals surface area contributed by atoms with Crippen molar-refractivity contribution in [3.8, 4) is 0 Å². The number of allylic oxidation sites excluding steroid dienone is 2. The molecule has 150 valence electrons. The molecule has 0 saturated heterocycles. The molecule has 0 aromatic heterocycles. The first kappa shape index (κ1) is 24.0. The van der Waals surface area contributed by atoms with Crippen LogP contribution >= 0.6 is 0 Å². The highest BCUT2D eigenvalue weighted by Gasteiger charge is 2.14. The van der Waals surface area contributed by atoms with Crippen LogP contribution in [0.2, 0.25) is 0 Å². The minimum absolute atomic E-state index is 0.254. The molecule has 26 heavy (non-hydrogen) atoms. The lowest BCUT2D eigenvalue weighted by Crippen LogP contribution is -2.28. The summed E-state index contributed by atoms with van der Waals surface area (Å²) in [7, 11) is 0. The van der Waals surface area contributed by atoms with Crippen molar-refractivity contribution in [1.29, 1.82) is 0 Å². The average molecular weight is 369 g/mol. The second-order valence-corrected chi connectivity index (χ2v) is 6.00. The average Bonchev–Trinajstić information content (AvgIpc) is 2.61. The zero-order valence-corrected chi connectivity index (χ0v) is 17.3. The third-order valence-electron chi connectivity index (χ3n) is 3.85. The Morgan fingerprint density at radius 3 is 1.31 bits per heavy atom. The maximum absolute atomic E-state index is 12.0. The lowest BCUT2D eigenvalue weighted by molar-refractivity contribution is -0.139. The second-order valence-electron chi connectivity index (χ2n) is 6.00. The molecule has 0 spiro atoms. The van der Waals surface area contributed by atoms with E-state index in [9.17, 15) is 9.59 Å². The number of hydrogen-bond acceptors (Lipinski definition) is 6. The van der Waals surface area contributed by atoms with Gasteiger partial charge in [0.1, 0.15) is 0 Å². The number of esters is 2. The van der Waals surface area contributed by atoms with Crippen LogP contribution in [0.4, 0.5) is 0 Å². The fraction of sp³-hybridized carbons (Fsp3) is 0.700. The van der Waals surface area contributed by atoms with Gasteiger partial charge in [-0.05, 0) is 40.5 Å². The highest BCUT2D eigenvalue weighted by atomic mass is 16.5. The molecule has 0 aliphatic heterocycles. The standard InChI is InChI=1S/C20H36N2O4/c1-7-11-17(19(23)25-9-3)15(5)21-13-14-22-16(6)18(12-8-2)20(24)26-10-4/h21-22H,7-14H2,1-6H3. The van der Waals surface area contributed by atoms with E-state index < -0.39 is 0 Å². The zero-order valence-electron chi connectivity index (χ0n) is 17.3. The van der Waals surface area contributed by atoms with Gasteiger partial charge >= 0.3 is 11.9 Å². The smallest absolute Gasteiger partial charge is 0.335 e. The molecule has 6 heteroatoms. The van der Waals surface area contributed by atoms with Gasteiger partial charge in [-0.25, -0.2) is 9.59 Å². The van der Waals surface area contributed by atoms with Crippen molar-refractivity contribution in [2.45, 2.75) is 67.2 Å². The predicted octanol–water partition coefficient (Wildman–Crippen LogP) is 3.44. The largest absolute Gasteiger partial charge is 0.463 e. The molecule has 0 atom stereocenters. The minimum atomic E-state index is -0.254. The Balaban J connectivity index is 4.77. The van der Waals surface area contributed by atoms with Gasteiger partial charge in [-0.2, -0.15) is 0 Å². The first-order valence-corrected chi connectivity index (χ1v) is 9.64. The van der Waals surface area contributed by atoms with E-state index in [1.807, 2.05) is 27.7 Å². The Hall–Kier alpha value is -1.98. The van der Waals surface area contributed by atoms with E-state index >= 15 is 0 Å². The molecule has 0 amide bonds. The third kappa shape index (κ3) is 8.92. The summed E-state index contributed by atoms with van der Waals surface area (Å²) in [5, 5.41) is 6.53. The summed E-state index contributed by atoms with van der Waals surface area (Å²) in [6.07, 6.45) is 3.14. The molecule has 0 fully saturated rings. The number of nitrogens with one attached hydrogen (secondary N) is 2. The molecule has 0 aromatic carbocycles. The van der Waals surface area contributed by atoms with E-state index in [0.717, 1.165) is 24.2 Å². The monoisotopic (exact) mass is 368 g/mol. The number of rotatable bonds is 13. The van der Waals surface area contributed by atoms with Crippen LogP contribution in [-0.4, -0.2) is 38.2 Å². The summed E-state index contributed by atoms with van der Waals surface area (Å²) in [5.41, 5.74) is 3.07. The van der Waals surface area contributed by atoms with E-state index in [0.29, 0.717) is 50.3 Å². The topological polar surface area (TPSA) is 76.7 Å². The SMILES string of the molecule is CCCC(C(=O)OCC)=C(C)NCCNC(C)=C(CCC)C(=O)OCC. The van der Waals surface area contributed by atoms with Crippen LogP contribution in [0.1, 0.15) is 67.2 Å². The summed E-state index contributed by atoms with van der Waals surface area (Å²) in [6.45, 7) is 13.5. The molecular weight excluding hydrogens is 332 g/mol. The van der Waals surface area contributed by atoms with Crippen LogP contribution in [0.25, 0.3) is 0 Å². The van der Waals surface area contributed by atoms with Crippen LogP contribution in [0.3, 0.4) is 0 Å². The van der Waals surface area contributed by atoms with Gasteiger partial charge < -0.3 is 20.1 Å². The van der Waals surface area contributed by atoms with E-state index in [4.69, 9.17) is 9.47 Å². The normalized spacial score (nSPS) is 12.7. The number of carbonyl (C=O) groups is 2. The Morgan fingerprint density at radius 2 is 1.04 bits per heavy atom. The van der Waals surface area contributed by atoms with Gasteiger partial charge in [0.25, 0.3) is 0 Å². The van der Waals surface area contributed by atoms with Crippen molar-refractivity contribution in [3.05, 3.63) is 22.5 Å². The number of hydrogen-bond donors (Lipinski definition) is 2. The lowest BCUT2D eigenvalue weighted by atomic mass is 10.1. The first-order valence-electron chi connectivity index (χ1n) is 9.64. The third-order valence-corrected chi connectivity index (χ3v) is 3.85. The molecule has 0 radical (unpaired) electrons. The molecule has 0 aliphatic rings. The molecular formula is C20H36N2O4. The molecule has 0 rings (SSSR count). The van der Waals surface area contributed by atoms with Crippen molar-refractivity contribution >= 4 is 11.9 Å². The van der Waals surface area contributed by atoms with Crippen LogP contribution in [-0.2, 0) is 19.1 Å². The fourth-order valence-corrected chi connectivity index (χ4v) is 2.54. The first-order chi connectivity index (χ1) is 12.4. The summed E-state index contributed by atoms with van der Waals surface area (Å²) < 4.78 is 10.2. The molecule has 2 N–H and O–H groups in total. The van der Waals surface area contributed by atoms with E-state index in [1.165, 1.54) is 0 Å². The number of carbonyl (C=O) groups excluding carboxylic acids is 2. The predicted molar refractivity (Wildman–Crippen MR) is 104 cm³/mol. The Kier molecular flexibility index (Phi) is 13.1. The molecule has 0 saturated carbocycles. The molecule has 0 heterocycles. The molecule has 0 aromatic rings. The Labute approximate surface area is 158 Å². The van der Waals surface area contributed by atoms with Crippen molar-refractivity contribution < 1.29 is 19.1 Å². The van der Waals surface area contributed by atoms with Gasteiger partial charge in [0.05, 0.1) is 24.4 Å². The quantitative estimate of drug-likeness (QED) is 0.295. The van der Waals surface area contributed by atoms with Gasteiger partial charge in [0.15, 0.2) is 0 Å². The molecule has 6 nitrogen and oxygen atoms in total. The van der Waals surface area contributed by atoms with Gasteiger partial charge in [-0.3, -0.25) is 0 Å². The summed E-state index contributed by atoms with van der Waals surface area (Å²) in [5.74, 6) is -0.508. The second kappa shape index (κ2) is 14.2. The summed E-state index contributed by atoms with van der Waals surface area (Å²) in [4.78, 5) is 24.0. The Morgan fingerprint density at radius 1 is 0.692 bits per heavy atom. The van der Waals surface area contributed by atoms with Crippen molar-refractivity contribution in [2.75, 3.05) is 26.3 Å². The van der Waals surface area contributed by atoms with Crippen LogP contribution < -0.4 is 10.6 Å². The highest BCUT2D eigenvalue weighted by Crippen LogP contribution is 2.12. The summed E-state index contributed by atoms with van der Waals surface area (Å²) >= 11 is 0. The Bertz CT molecular complexity index is 464. The molecule has 0 unspecified atom stereocenters. The maximum Gasteiger partial charge on any atom is 0.335 e. The molecule has 0 bridgehead atoms. The maximum atomic E-state index is 12.0. The van der Waals surface area contributed by atoms with Gasteiger partial charge in [0, 0.05) is 24.5 Å². The highest BCUT2D eigenvalue weighted by molar-refractivity contribution is 5.89. The van der Waals surface area contributed by atoms with Crippen molar-refractivity contribution in [3.63, 3.8) is 0 Å². The van der Waals surface area contributed by atoms with Crippen LogP contribution in [0.15, 0.2) is 22.5 Å². The molecule has 0 aliphatic carbocycles. The van der Waals surface area contributed by atoms with Gasteiger partial charge in [-0.15, -0.1) is 0 Å². The van der Waals surface area contributed by atoms with Crippen LogP contribution in [0, 0.1) is 0 Å². The lowest BCUT2D eigenvalue weighted by Gasteiger charge is -2.15. The summed E-state index contributed by atoms with van der Waals surface area (Å²) in [6, 6.07) is 0. The fourth-order valence-electron chi connectivity index (χ4n) is 2.54. The van der Waals surface area contributed by atoms with E-state index in [-0.39, 0.29) is 11.9 Å².